The van der Waals surface area contributed by atoms with Gasteiger partial charge in [0.25, 0.3) is 5.91 Å². The molecule has 234 valence electrons. The number of hydrogen-bond acceptors (Lipinski definition) is 8. The molecule has 2 aromatic rings. The summed E-state index contributed by atoms with van der Waals surface area (Å²) in [7, 11) is 3.25. The van der Waals surface area contributed by atoms with E-state index in [0.717, 1.165) is 53.2 Å². The van der Waals surface area contributed by atoms with Crippen LogP contribution in [0, 0.1) is 5.41 Å². The summed E-state index contributed by atoms with van der Waals surface area (Å²) in [4.78, 5) is 53.2. The van der Waals surface area contributed by atoms with Crippen molar-refractivity contribution >= 4 is 23.6 Å². The molecule has 9 heteroatoms. The van der Waals surface area contributed by atoms with E-state index in [1.165, 1.54) is 0 Å². The van der Waals surface area contributed by atoms with Gasteiger partial charge in [-0.05, 0) is 80.3 Å². The average molecular weight is 596 g/mol. The predicted octanol–water partition coefficient (Wildman–Crippen LogP) is 5.11. The van der Waals surface area contributed by atoms with Crippen LogP contribution in [0.25, 0.3) is 0 Å². The third-order valence-electron chi connectivity index (χ3n) is 8.12. The number of carbonyl (C=O) groups is 4. The van der Waals surface area contributed by atoms with Gasteiger partial charge in [-0.2, -0.15) is 0 Å². The van der Waals surface area contributed by atoms with Crippen LogP contribution in [0.2, 0.25) is 0 Å². The topological polar surface area (TPSA) is 108 Å². The second-order valence-electron chi connectivity index (χ2n) is 11.5. The number of amides is 1. The Balaban J connectivity index is 1.49. The van der Waals surface area contributed by atoms with Crippen molar-refractivity contribution in [1.29, 1.82) is 0 Å². The molecule has 1 fully saturated rings. The number of Topliss-reactive ketones (excluding diaryl/α,β-unsaturated/α-hetero) is 1. The normalized spacial score (nSPS) is 16.2. The first-order valence-electron chi connectivity index (χ1n) is 15.1. The minimum atomic E-state index is -0.988. The summed E-state index contributed by atoms with van der Waals surface area (Å²) in [5.74, 6) is -1.10. The van der Waals surface area contributed by atoms with E-state index in [2.05, 4.69) is 0 Å². The van der Waals surface area contributed by atoms with Gasteiger partial charge in [0.15, 0.2) is 0 Å². The van der Waals surface area contributed by atoms with Crippen LogP contribution in [0.4, 0.5) is 0 Å². The number of esters is 2. The van der Waals surface area contributed by atoms with Gasteiger partial charge in [-0.25, -0.2) is 9.59 Å². The summed E-state index contributed by atoms with van der Waals surface area (Å²) in [5, 5.41) is 0. The Morgan fingerprint density at radius 1 is 0.721 bits per heavy atom. The Kier molecular flexibility index (Phi) is 12.6. The lowest BCUT2D eigenvalue weighted by molar-refractivity contribution is -0.179. The van der Waals surface area contributed by atoms with Crippen molar-refractivity contribution in [2.45, 2.75) is 84.2 Å². The Labute approximate surface area is 254 Å². The van der Waals surface area contributed by atoms with Crippen molar-refractivity contribution in [1.82, 2.24) is 4.90 Å². The van der Waals surface area contributed by atoms with Crippen molar-refractivity contribution in [3.63, 3.8) is 0 Å². The fourth-order valence-corrected chi connectivity index (χ4v) is 4.77. The first-order valence-corrected chi connectivity index (χ1v) is 15.1. The number of rotatable bonds is 17. The van der Waals surface area contributed by atoms with Crippen LogP contribution in [0.5, 0.6) is 11.5 Å². The predicted molar refractivity (Wildman–Crippen MR) is 162 cm³/mol. The highest BCUT2D eigenvalue weighted by Crippen LogP contribution is 2.32. The second-order valence-corrected chi connectivity index (χ2v) is 11.5. The standard InChI is InChI=1S/C34H45NO8/c1-6-34(2,3)30(36)31(37)35-28(32(38)42-21-9-7-11-24-13-17-26(40-4)18-14-24)23-29(35)33(39)43-22-10-8-12-25-15-19-27(41-5)20-16-25/h13-20,28-29H,6-12,21-23H2,1-5H3/t28-,29+. The number of ether oxygens (including phenoxy) is 4. The minimum absolute atomic E-state index is 0.0704. The summed E-state index contributed by atoms with van der Waals surface area (Å²) in [6.45, 7) is 5.55. The third-order valence-corrected chi connectivity index (χ3v) is 8.12. The molecule has 1 amide bonds. The number of likely N-dealkylation sites (tertiary alicyclic amines) is 1. The molecule has 1 heterocycles. The Hall–Kier alpha value is -3.88. The van der Waals surface area contributed by atoms with Gasteiger partial charge in [0.2, 0.25) is 5.78 Å². The van der Waals surface area contributed by atoms with Gasteiger partial charge in [-0.3, -0.25) is 9.59 Å². The molecule has 43 heavy (non-hydrogen) atoms. The van der Waals surface area contributed by atoms with Crippen molar-refractivity contribution in [3.05, 3.63) is 59.7 Å². The zero-order valence-electron chi connectivity index (χ0n) is 26.1. The number of methoxy groups -OCH3 is 2. The van der Waals surface area contributed by atoms with E-state index in [1.807, 2.05) is 55.5 Å². The summed E-state index contributed by atoms with van der Waals surface area (Å²) >= 11 is 0. The molecular formula is C34H45NO8. The van der Waals surface area contributed by atoms with Crippen LogP contribution in [0.15, 0.2) is 48.5 Å². The van der Waals surface area contributed by atoms with E-state index in [0.29, 0.717) is 19.3 Å². The second kappa shape index (κ2) is 16.1. The van der Waals surface area contributed by atoms with Gasteiger partial charge in [0, 0.05) is 11.8 Å². The number of carbonyl (C=O) groups excluding carboxylic acids is 4. The van der Waals surface area contributed by atoms with Crippen LogP contribution in [-0.4, -0.2) is 68.0 Å². The monoisotopic (exact) mass is 595 g/mol. The van der Waals surface area contributed by atoms with Gasteiger partial charge in [-0.15, -0.1) is 0 Å². The molecule has 1 aliphatic rings. The lowest BCUT2D eigenvalue weighted by atomic mass is 9.82. The van der Waals surface area contributed by atoms with Crippen LogP contribution in [0.1, 0.15) is 70.4 Å². The highest BCUT2D eigenvalue weighted by Gasteiger charge is 2.53. The Morgan fingerprint density at radius 3 is 1.51 bits per heavy atom. The molecule has 2 aromatic carbocycles. The molecule has 0 unspecified atom stereocenters. The molecular weight excluding hydrogens is 550 g/mol. The van der Waals surface area contributed by atoms with Crippen LogP contribution < -0.4 is 9.47 Å². The van der Waals surface area contributed by atoms with E-state index in [9.17, 15) is 19.2 Å². The quantitative estimate of drug-likeness (QED) is 0.141. The molecule has 0 aromatic heterocycles. The van der Waals surface area contributed by atoms with Gasteiger partial charge in [0.1, 0.15) is 23.6 Å². The molecule has 3 rings (SSSR count). The van der Waals surface area contributed by atoms with Crippen LogP contribution in [-0.2, 0) is 41.5 Å². The van der Waals surface area contributed by atoms with Crippen molar-refractivity contribution in [2.75, 3.05) is 27.4 Å². The smallest absolute Gasteiger partial charge is 0.328 e. The molecule has 0 saturated carbocycles. The van der Waals surface area contributed by atoms with Gasteiger partial charge < -0.3 is 23.8 Å². The minimum Gasteiger partial charge on any atom is -0.497 e. The lowest BCUT2D eigenvalue weighted by Crippen LogP contribution is -2.67. The lowest BCUT2D eigenvalue weighted by Gasteiger charge is -2.45. The third kappa shape index (κ3) is 9.30. The number of ketones is 1. The van der Waals surface area contributed by atoms with Crippen molar-refractivity contribution in [2.24, 2.45) is 5.41 Å². The van der Waals surface area contributed by atoms with E-state index in [1.54, 1.807) is 28.1 Å². The molecule has 2 atom stereocenters. The summed E-state index contributed by atoms with van der Waals surface area (Å²) in [6.07, 6.45) is 5.06. The molecule has 0 radical (unpaired) electrons. The first-order chi connectivity index (χ1) is 20.6. The average Bonchev–Trinajstić information content (AvgIpc) is 3.00. The zero-order chi connectivity index (χ0) is 31.4. The van der Waals surface area contributed by atoms with Gasteiger partial charge in [-0.1, -0.05) is 45.0 Å². The van der Waals surface area contributed by atoms with Crippen molar-refractivity contribution in [3.8, 4) is 11.5 Å². The van der Waals surface area contributed by atoms with E-state index in [-0.39, 0.29) is 19.6 Å². The van der Waals surface area contributed by atoms with E-state index in [4.69, 9.17) is 18.9 Å². The number of aryl methyl sites for hydroxylation is 2. The van der Waals surface area contributed by atoms with Crippen LogP contribution in [0.3, 0.4) is 0 Å². The maximum atomic E-state index is 13.3. The number of nitrogens with zero attached hydrogens (tertiary/aromatic N) is 1. The number of unbranched alkanes of at least 4 members (excludes halogenated alkanes) is 2. The number of hydrogen-bond donors (Lipinski definition) is 0. The molecule has 0 bridgehead atoms. The van der Waals surface area contributed by atoms with E-state index < -0.39 is 41.1 Å². The molecule has 1 aliphatic heterocycles. The van der Waals surface area contributed by atoms with Crippen LogP contribution >= 0.6 is 0 Å². The fraction of sp³-hybridized carbons (Fsp3) is 0.529. The summed E-state index contributed by atoms with van der Waals surface area (Å²) < 4.78 is 21.3. The van der Waals surface area contributed by atoms with Gasteiger partial charge in [0.05, 0.1) is 27.4 Å². The molecule has 1 saturated heterocycles. The largest absolute Gasteiger partial charge is 0.497 e. The summed E-state index contributed by atoms with van der Waals surface area (Å²) in [6, 6.07) is 13.6. The molecule has 0 spiro atoms. The Morgan fingerprint density at radius 2 is 1.14 bits per heavy atom. The fourth-order valence-electron chi connectivity index (χ4n) is 4.77. The first kappa shape index (κ1) is 33.6. The number of benzene rings is 2. The van der Waals surface area contributed by atoms with Crippen molar-refractivity contribution < 1.29 is 38.1 Å². The molecule has 9 nitrogen and oxygen atoms in total. The molecule has 0 aliphatic carbocycles. The van der Waals surface area contributed by atoms with E-state index >= 15 is 0 Å². The highest BCUT2D eigenvalue weighted by atomic mass is 16.5. The Bertz CT molecular complexity index is 1150. The SMILES string of the molecule is CCC(C)(C)C(=O)C(=O)N1[C@@H](C(=O)OCCCCc2ccc(OC)cc2)C[C@H]1C(=O)OCCCCc1ccc(OC)cc1. The molecule has 0 N–H and O–H groups in total. The maximum absolute atomic E-state index is 13.3. The maximum Gasteiger partial charge on any atom is 0.328 e. The van der Waals surface area contributed by atoms with Gasteiger partial charge >= 0.3 is 11.9 Å². The zero-order valence-corrected chi connectivity index (χ0v) is 26.1. The summed E-state index contributed by atoms with van der Waals surface area (Å²) in [5.41, 5.74) is 1.39. The highest BCUT2D eigenvalue weighted by molar-refractivity contribution is 6.38.